The molecule has 0 aromatic rings. The van der Waals surface area contributed by atoms with E-state index in [4.69, 9.17) is 4.74 Å². The number of aliphatic hydroxyl groups is 2. The lowest BCUT2D eigenvalue weighted by molar-refractivity contribution is -0.143. The van der Waals surface area contributed by atoms with Gasteiger partial charge in [-0.2, -0.15) is 0 Å². The molecule has 3 N–H and O–H groups in total. The zero-order valence-corrected chi connectivity index (χ0v) is 34.1. The number of esters is 1. The summed E-state index contributed by atoms with van der Waals surface area (Å²) in [4.78, 5) is 24.3. The van der Waals surface area contributed by atoms with Gasteiger partial charge in [0.05, 0.1) is 25.4 Å². The number of hydrogen-bond acceptors (Lipinski definition) is 5. The van der Waals surface area contributed by atoms with Crippen molar-refractivity contribution in [3.05, 3.63) is 12.2 Å². The first-order valence-electron chi connectivity index (χ1n) is 22.5. The first kappa shape index (κ1) is 49.6. The van der Waals surface area contributed by atoms with E-state index < -0.39 is 12.1 Å². The third-order valence-electron chi connectivity index (χ3n) is 10.3. The molecule has 0 fully saturated rings. The summed E-state index contributed by atoms with van der Waals surface area (Å²) in [5, 5.41) is 22.9. The van der Waals surface area contributed by atoms with Crippen molar-refractivity contribution < 1.29 is 24.5 Å². The molecule has 0 radical (unpaired) electrons. The summed E-state index contributed by atoms with van der Waals surface area (Å²) < 4.78 is 5.44. The van der Waals surface area contributed by atoms with Gasteiger partial charge >= 0.3 is 5.97 Å². The van der Waals surface area contributed by atoms with Gasteiger partial charge in [0, 0.05) is 12.8 Å². The van der Waals surface area contributed by atoms with Crippen LogP contribution in [0.25, 0.3) is 0 Å². The van der Waals surface area contributed by atoms with Crippen LogP contribution in [0, 0.1) is 0 Å². The minimum absolute atomic E-state index is 0.0195. The van der Waals surface area contributed by atoms with Gasteiger partial charge in [0.25, 0.3) is 0 Å². The van der Waals surface area contributed by atoms with Crippen molar-refractivity contribution in [3.8, 4) is 0 Å². The Kier molecular flexibility index (Phi) is 40.2. The molecule has 0 bridgehead atoms. The molecule has 0 rings (SSSR count). The van der Waals surface area contributed by atoms with Gasteiger partial charge in [-0.05, 0) is 32.1 Å². The third kappa shape index (κ3) is 38.1. The minimum Gasteiger partial charge on any atom is -0.466 e. The molecule has 0 aromatic carbocycles. The molecular formula is C45H87NO5. The van der Waals surface area contributed by atoms with E-state index in [1.165, 1.54) is 154 Å². The molecule has 302 valence electrons. The van der Waals surface area contributed by atoms with Crippen LogP contribution < -0.4 is 5.32 Å². The fraction of sp³-hybridized carbons (Fsp3) is 0.911. The van der Waals surface area contributed by atoms with E-state index in [-0.39, 0.29) is 18.5 Å². The van der Waals surface area contributed by atoms with Gasteiger partial charge in [0.1, 0.15) is 0 Å². The van der Waals surface area contributed by atoms with Crippen molar-refractivity contribution in [2.75, 3.05) is 13.2 Å². The third-order valence-corrected chi connectivity index (χ3v) is 10.3. The molecule has 6 nitrogen and oxygen atoms in total. The molecular weight excluding hydrogens is 634 g/mol. The van der Waals surface area contributed by atoms with E-state index in [2.05, 4.69) is 19.2 Å². The Morgan fingerprint density at radius 2 is 0.902 bits per heavy atom. The SMILES string of the molecule is CCCCCCCCCC/C=C/C(O)C(CO)NC(=O)CCCCCCCCCCCCOC(=O)CCCCCCCCCCCCCCCC. The zero-order chi connectivity index (χ0) is 37.3. The first-order valence-corrected chi connectivity index (χ1v) is 22.5. The quantitative estimate of drug-likeness (QED) is 0.0332. The molecule has 0 spiro atoms. The van der Waals surface area contributed by atoms with Crippen LogP contribution in [0.3, 0.4) is 0 Å². The van der Waals surface area contributed by atoms with Crippen LogP contribution >= 0.6 is 0 Å². The normalized spacial score (nSPS) is 12.8. The van der Waals surface area contributed by atoms with Crippen molar-refractivity contribution in [2.45, 2.75) is 251 Å². The number of amides is 1. The topological polar surface area (TPSA) is 95.9 Å². The van der Waals surface area contributed by atoms with Gasteiger partial charge in [0.2, 0.25) is 5.91 Å². The lowest BCUT2D eigenvalue weighted by atomic mass is 10.0. The number of nitrogens with one attached hydrogen (secondary N) is 1. The molecule has 0 aliphatic rings. The van der Waals surface area contributed by atoms with Crippen molar-refractivity contribution in [1.29, 1.82) is 0 Å². The average molecular weight is 722 g/mol. The molecule has 51 heavy (non-hydrogen) atoms. The van der Waals surface area contributed by atoms with Gasteiger partial charge in [-0.3, -0.25) is 9.59 Å². The summed E-state index contributed by atoms with van der Waals surface area (Å²) in [6.07, 6.45) is 44.8. The zero-order valence-electron chi connectivity index (χ0n) is 34.1. The maximum atomic E-state index is 12.3. The molecule has 0 aliphatic carbocycles. The highest BCUT2D eigenvalue weighted by atomic mass is 16.5. The van der Waals surface area contributed by atoms with Gasteiger partial charge in [-0.1, -0.05) is 206 Å². The summed E-state index contributed by atoms with van der Waals surface area (Å²) in [6.45, 7) is 4.82. The highest BCUT2D eigenvalue weighted by molar-refractivity contribution is 5.76. The Hall–Kier alpha value is -1.40. The van der Waals surface area contributed by atoms with Crippen LogP contribution in [-0.4, -0.2) is 47.4 Å². The van der Waals surface area contributed by atoms with Crippen LogP contribution in [0.4, 0.5) is 0 Å². The van der Waals surface area contributed by atoms with E-state index in [0.717, 1.165) is 57.8 Å². The van der Waals surface area contributed by atoms with E-state index in [0.29, 0.717) is 19.4 Å². The second kappa shape index (κ2) is 41.4. The van der Waals surface area contributed by atoms with Gasteiger partial charge in [-0.25, -0.2) is 0 Å². The highest BCUT2D eigenvalue weighted by Crippen LogP contribution is 2.15. The molecule has 6 heteroatoms. The summed E-state index contributed by atoms with van der Waals surface area (Å²) in [5.41, 5.74) is 0. The number of carbonyl (C=O) groups excluding carboxylic acids is 2. The van der Waals surface area contributed by atoms with Crippen LogP contribution in [0.2, 0.25) is 0 Å². The molecule has 1 amide bonds. The predicted molar refractivity (Wildman–Crippen MR) is 218 cm³/mol. The number of rotatable bonds is 41. The summed E-state index contributed by atoms with van der Waals surface area (Å²) >= 11 is 0. The lowest BCUT2D eigenvalue weighted by Crippen LogP contribution is -2.45. The Bertz CT molecular complexity index is 757. The average Bonchev–Trinajstić information content (AvgIpc) is 3.13. The van der Waals surface area contributed by atoms with Crippen molar-refractivity contribution >= 4 is 11.9 Å². The summed E-state index contributed by atoms with van der Waals surface area (Å²) in [6, 6.07) is -0.641. The van der Waals surface area contributed by atoms with Gasteiger partial charge in [0.15, 0.2) is 0 Å². The van der Waals surface area contributed by atoms with Crippen molar-refractivity contribution in [1.82, 2.24) is 5.32 Å². The summed E-state index contributed by atoms with van der Waals surface area (Å²) in [7, 11) is 0. The van der Waals surface area contributed by atoms with E-state index in [1.54, 1.807) is 6.08 Å². The largest absolute Gasteiger partial charge is 0.466 e. The van der Waals surface area contributed by atoms with Gasteiger partial charge < -0.3 is 20.3 Å². The second-order valence-electron chi connectivity index (χ2n) is 15.4. The van der Waals surface area contributed by atoms with Crippen LogP contribution in [0.1, 0.15) is 239 Å². The van der Waals surface area contributed by atoms with E-state index in [1.807, 2.05) is 6.08 Å². The summed E-state index contributed by atoms with van der Waals surface area (Å²) in [5.74, 6) is -0.112. The molecule has 2 atom stereocenters. The van der Waals surface area contributed by atoms with Crippen LogP contribution in [0.15, 0.2) is 12.2 Å². The Morgan fingerprint density at radius 3 is 1.33 bits per heavy atom. The minimum atomic E-state index is -0.855. The second-order valence-corrected chi connectivity index (χ2v) is 15.4. The van der Waals surface area contributed by atoms with Crippen molar-refractivity contribution in [3.63, 3.8) is 0 Å². The van der Waals surface area contributed by atoms with Gasteiger partial charge in [-0.15, -0.1) is 0 Å². The maximum Gasteiger partial charge on any atom is 0.305 e. The molecule has 0 heterocycles. The number of aliphatic hydroxyl groups excluding tert-OH is 2. The maximum absolute atomic E-state index is 12.3. The number of unbranched alkanes of at least 4 members (excludes halogenated alkanes) is 30. The Balaban J connectivity index is 3.49. The van der Waals surface area contributed by atoms with Crippen molar-refractivity contribution in [2.24, 2.45) is 0 Å². The van der Waals surface area contributed by atoms with Crippen LogP contribution in [-0.2, 0) is 14.3 Å². The number of allylic oxidation sites excluding steroid dienone is 1. The molecule has 0 saturated carbocycles. The Morgan fingerprint density at radius 1 is 0.529 bits per heavy atom. The molecule has 0 saturated heterocycles. The monoisotopic (exact) mass is 722 g/mol. The number of hydrogen-bond donors (Lipinski definition) is 3. The lowest BCUT2D eigenvalue weighted by Gasteiger charge is -2.20. The highest BCUT2D eigenvalue weighted by Gasteiger charge is 2.18. The first-order chi connectivity index (χ1) is 25.0. The van der Waals surface area contributed by atoms with E-state index >= 15 is 0 Å². The number of carbonyl (C=O) groups is 2. The molecule has 0 aromatic heterocycles. The fourth-order valence-corrected chi connectivity index (χ4v) is 6.81. The standard InChI is InChI=1S/C45H87NO5/c1-3-5-7-9-11-13-15-16-17-18-23-27-31-35-39-45(50)51-40-36-32-28-24-20-19-22-26-30-34-38-44(49)46-42(41-47)43(48)37-33-29-25-21-14-12-10-8-6-4-2/h33,37,42-43,47-48H,3-32,34-36,38-41H2,1-2H3,(H,46,49)/b37-33+. The molecule has 0 aliphatic heterocycles. The predicted octanol–water partition coefficient (Wildman–Crippen LogP) is 12.6. The van der Waals surface area contributed by atoms with Crippen LogP contribution in [0.5, 0.6) is 0 Å². The number of ether oxygens (including phenoxy) is 1. The molecule has 2 unspecified atom stereocenters. The fourth-order valence-electron chi connectivity index (χ4n) is 6.81. The Labute approximate surface area is 317 Å². The van der Waals surface area contributed by atoms with E-state index in [9.17, 15) is 19.8 Å². The smallest absolute Gasteiger partial charge is 0.305 e.